The van der Waals surface area contributed by atoms with Gasteiger partial charge in [-0.05, 0) is 46.6 Å². The zero-order valence-electron chi connectivity index (χ0n) is 11.9. The van der Waals surface area contributed by atoms with E-state index in [2.05, 4.69) is 50.4 Å². The second kappa shape index (κ2) is 5.41. The minimum absolute atomic E-state index is 0.00715. The molecule has 0 amide bonds. The molecule has 0 saturated carbocycles. The topological polar surface area (TPSA) is 39.1 Å². The van der Waals surface area contributed by atoms with Crippen molar-refractivity contribution in [3.63, 3.8) is 0 Å². The fourth-order valence-electron chi connectivity index (χ4n) is 2.41. The van der Waals surface area contributed by atoms with Crippen LogP contribution in [0.15, 0.2) is 12.3 Å². The van der Waals surface area contributed by atoms with Crippen molar-refractivity contribution in [2.45, 2.75) is 64.8 Å². The zero-order valence-corrected chi connectivity index (χ0v) is 11.9. The quantitative estimate of drug-likeness (QED) is 0.893. The summed E-state index contributed by atoms with van der Waals surface area (Å²) in [5, 5.41) is 8.14. The lowest BCUT2D eigenvalue weighted by Gasteiger charge is -2.35. The number of nitrogens with zero attached hydrogens (tertiary/aromatic N) is 2. The molecular formula is C14H25N3O. The number of hydrogen-bond acceptors (Lipinski definition) is 3. The van der Waals surface area contributed by atoms with Gasteiger partial charge in [0.2, 0.25) is 0 Å². The normalized spacial score (nSPS) is 23.5. The average molecular weight is 251 g/mol. The summed E-state index contributed by atoms with van der Waals surface area (Å²) in [6, 6.07) is 3.07. The van der Waals surface area contributed by atoms with Crippen molar-refractivity contribution in [2.75, 3.05) is 6.61 Å². The highest BCUT2D eigenvalue weighted by Gasteiger charge is 2.28. The van der Waals surface area contributed by atoms with Crippen LogP contribution in [-0.2, 0) is 11.3 Å². The Morgan fingerprint density at radius 3 is 2.94 bits per heavy atom. The number of rotatable bonds is 4. The van der Waals surface area contributed by atoms with Crippen LogP contribution in [0.1, 0.15) is 52.3 Å². The van der Waals surface area contributed by atoms with Crippen molar-refractivity contribution in [2.24, 2.45) is 0 Å². The monoisotopic (exact) mass is 251 g/mol. The van der Waals surface area contributed by atoms with Gasteiger partial charge in [0.25, 0.3) is 0 Å². The Bertz CT molecular complexity index is 384. The van der Waals surface area contributed by atoms with Gasteiger partial charge in [-0.3, -0.25) is 4.68 Å². The van der Waals surface area contributed by atoms with Gasteiger partial charge in [0.1, 0.15) is 0 Å². The predicted molar refractivity (Wildman–Crippen MR) is 72.5 cm³/mol. The third-order valence-electron chi connectivity index (χ3n) is 3.46. The fraction of sp³-hybridized carbons (Fsp3) is 0.786. The summed E-state index contributed by atoms with van der Waals surface area (Å²) in [5.41, 5.74) is 1.13. The molecule has 0 spiro atoms. The van der Waals surface area contributed by atoms with E-state index in [1.165, 1.54) is 0 Å². The third kappa shape index (κ3) is 3.56. The highest BCUT2D eigenvalue weighted by atomic mass is 16.5. The first-order valence-corrected chi connectivity index (χ1v) is 6.88. The molecule has 1 aromatic heterocycles. The first-order chi connectivity index (χ1) is 8.46. The van der Waals surface area contributed by atoms with Gasteiger partial charge in [-0.1, -0.05) is 0 Å². The van der Waals surface area contributed by atoms with E-state index in [1.807, 2.05) is 4.68 Å². The molecule has 1 saturated heterocycles. The molecule has 1 aromatic rings. The molecule has 1 fully saturated rings. The standard InChI is InChI=1S/C14H25N3O/c1-11(2)17-7-5-13(16-17)10-15-12-6-8-18-14(3,4)9-12/h5,7,11-12,15H,6,8-10H2,1-4H3. The number of nitrogens with one attached hydrogen (secondary N) is 1. The van der Waals surface area contributed by atoms with Crippen LogP contribution < -0.4 is 5.32 Å². The highest BCUT2D eigenvalue weighted by molar-refractivity contribution is 4.99. The predicted octanol–water partition coefficient (Wildman–Crippen LogP) is 2.51. The van der Waals surface area contributed by atoms with E-state index in [1.54, 1.807) is 0 Å². The van der Waals surface area contributed by atoms with Crippen LogP contribution in [-0.4, -0.2) is 28.0 Å². The SMILES string of the molecule is CC(C)n1ccc(CNC2CCOC(C)(C)C2)n1. The maximum absolute atomic E-state index is 5.72. The van der Waals surface area contributed by atoms with E-state index in [9.17, 15) is 0 Å². The van der Waals surface area contributed by atoms with Gasteiger partial charge in [-0.25, -0.2) is 0 Å². The molecule has 2 rings (SSSR count). The molecule has 1 atom stereocenters. The van der Waals surface area contributed by atoms with Crippen molar-refractivity contribution in [3.05, 3.63) is 18.0 Å². The number of hydrogen-bond donors (Lipinski definition) is 1. The van der Waals surface area contributed by atoms with E-state index in [4.69, 9.17) is 4.74 Å². The summed E-state index contributed by atoms with van der Waals surface area (Å²) < 4.78 is 7.73. The van der Waals surface area contributed by atoms with Crippen molar-refractivity contribution in [1.29, 1.82) is 0 Å². The molecule has 18 heavy (non-hydrogen) atoms. The molecule has 1 unspecified atom stereocenters. The van der Waals surface area contributed by atoms with Crippen LogP contribution in [0.3, 0.4) is 0 Å². The smallest absolute Gasteiger partial charge is 0.0762 e. The lowest BCUT2D eigenvalue weighted by Crippen LogP contribution is -2.43. The molecule has 4 nitrogen and oxygen atoms in total. The first-order valence-electron chi connectivity index (χ1n) is 6.88. The Balaban J connectivity index is 1.83. The second-order valence-electron chi connectivity index (χ2n) is 6.06. The van der Waals surface area contributed by atoms with Gasteiger partial charge in [0.15, 0.2) is 0 Å². The van der Waals surface area contributed by atoms with Crippen LogP contribution >= 0.6 is 0 Å². The summed E-state index contributed by atoms with van der Waals surface area (Å²) in [7, 11) is 0. The average Bonchev–Trinajstić information content (AvgIpc) is 2.74. The van der Waals surface area contributed by atoms with Gasteiger partial charge in [0.05, 0.1) is 11.3 Å². The summed E-state index contributed by atoms with van der Waals surface area (Å²) in [5.74, 6) is 0. The molecule has 1 N–H and O–H groups in total. The number of aromatic nitrogens is 2. The van der Waals surface area contributed by atoms with E-state index in [0.29, 0.717) is 12.1 Å². The molecule has 0 aromatic carbocycles. The maximum Gasteiger partial charge on any atom is 0.0762 e. The minimum atomic E-state index is 0.00715. The molecule has 1 aliphatic heterocycles. The highest BCUT2D eigenvalue weighted by Crippen LogP contribution is 2.24. The summed E-state index contributed by atoms with van der Waals surface area (Å²) in [6.45, 7) is 10.3. The van der Waals surface area contributed by atoms with Crippen molar-refractivity contribution in [3.8, 4) is 0 Å². The van der Waals surface area contributed by atoms with Crippen LogP contribution in [0, 0.1) is 0 Å². The summed E-state index contributed by atoms with van der Waals surface area (Å²) >= 11 is 0. The van der Waals surface area contributed by atoms with Gasteiger partial charge >= 0.3 is 0 Å². The lowest BCUT2D eigenvalue weighted by molar-refractivity contribution is -0.0631. The minimum Gasteiger partial charge on any atom is -0.375 e. The van der Waals surface area contributed by atoms with E-state index >= 15 is 0 Å². The Hall–Kier alpha value is -0.870. The summed E-state index contributed by atoms with van der Waals surface area (Å²) in [4.78, 5) is 0. The van der Waals surface area contributed by atoms with Crippen LogP contribution in [0.5, 0.6) is 0 Å². The summed E-state index contributed by atoms with van der Waals surface area (Å²) in [6.07, 6.45) is 4.21. The molecule has 0 bridgehead atoms. The van der Waals surface area contributed by atoms with Crippen molar-refractivity contribution >= 4 is 0 Å². The van der Waals surface area contributed by atoms with E-state index < -0.39 is 0 Å². The van der Waals surface area contributed by atoms with Crippen LogP contribution in [0.2, 0.25) is 0 Å². The van der Waals surface area contributed by atoms with Gasteiger partial charge in [-0.15, -0.1) is 0 Å². The van der Waals surface area contributed by atoms with Crippen LogP contribution in [0.25, 0.3) is 0 Å². The molecule has 2 heterocycles. The number of ether oxygens (including phenoxy) is 1. The third-order valence-corrected chi connectivity index (χ3v) is 3.46. The second-order valence-corrected chi connectivity index (χ2v) is 6.06. The Labute approximate surface area is 110 Å². The maximum atomic E-state index is 5.72. The Kier molecular flexibility index (Phi) is 4.07. The molecule has 102 valence electrons. The van der Waals surface area contributed by atoms with Gasteiger partial charge in [-0.2, -0.15) is 5.10 Å². The molecular weight excluding hydrogens is 226 g/mol. The Morgan fingerprint density at radius 1 is 1.56 bits per heavy atom. The van der Waals surface area contributed by atoms with E-state index in [0.717, 1.165) is 31.7 Å². The van der Waals surface area contributed by atoms with Crippen molar-refractivity contribution in [1.82, 2.24) is 15.1 Å². The van der Waals surface area contributed by atoms with Gasteiger partial charge < -0.3 is 10.1 Å². The Morgan fingerprint density at radius 2 is 2.33 bits per heavy atom. The molecule has 0 aliphatic carbocycles. The molecule has 0 radical (unpaired) electrons. The zero-order chi connectivity index (χ0) is 13.2. The molecule has 4 heteroatoms. The van der Waals surface area contributed by atoms with Crippen molar-refractivity contribution < 1.29 is 4.74 Å². The first kappa shape index (κ1) is 13.6. The fourth-order valence-corrected chi connectivity index (χ4v) is 2.41. The lowest BCUT2D eigenvalue weighted by atomic mass is 9.94. The van der Waals surface area contributed by atoms with Crippen LogP contribution in [0.4, 0.5) is 0 Å². The molecule has 1 aliphatic rings. The van der Waals surface area contributed by atoms with Gasteiger partial charge in [0, 0.05) is 31.4 Å². The van der Waals surface area contributed by atoms with E-state index in [-0.39, 0.29) is 5.60 Å². The largest absolute Gasteiger partial charge is 0.375 e.